The molecule has 0 radical (unpaired) electrons. The lowest BCUT2D eigenvalue weighted by Gasteiger charge is -2.31. The minimum absolute atomic E-state index is 0.0808. The Labute approximate surface area is 297 Å². The summed E-state index contributed by atoms with van der Waals surface area (Å²) >= 11 is 0. The van der Waals surface area contributed by atoms with Crippen molar-refractivity contribution in [3.8, 4) is 0 Å². The third-order valence-electron chi connectivity index (χ3n) is 10.1. The van der Waals surface area contributed by atoms with Crippen LogP contribution in [0.4, 0.5) is 28.0 Å². The summed E-state index contributed by atoms with van der Waals surface area (Å²) in [6, 6.07) is 14.7. The number of benzene rings is 3. The normalized spacial score (nSPS) is 18.8. The Bertz CT molecular complexity index is 1860. The van der Waals surface area contributed by atoms with Crippen LogP contribution in [0.5, 0.6) is 0 Å². The van der Waals surface area contributed by atoms with E-state index < -0.39 is 54.6 Å². The first-order valence-electron chi connectivity index (χ1n) is 17.2. The van der Waals surface area contributed by atoms with Crippen LogP contribution < -0.4 is 10.6 Å². The molecule has 0 bridgehead atoms. The Morgan fingerprint density at radius 2 is 1.69 bits per heavy atom. The standard InChI is InChI=1S/C38H38F4N4O6/c1-23(38(40,41)42)45(21-25-7-11-29(39)12-8-25)33(48)22-46-35(50)37(52-36(46)51)17-15-28-19-30(13-14-31(28)37)43-18-16-32(47)44-20-24-5-9-27(10-6-24)34(49)26-3-2-4-26/h5-14,19,23,26,43H,2-4,15-18,20-22H2,1H3,(H,44,47)/t23-,37+/m0/s1. The van der Waals surface area contributed by atoms with Crippen LogP contribution in [0.25, 0.3) is 0 Å². The molecule has 1 aliphatic heterocycles. The van der Waals surface area contributed by atoms with Gasteiger partial charge in [-0.15, -0.1) is 0 Å². The predicted octanol–water partition coefficient (Wildman–Crippen LogP) is 6.03. The average molecular weight is 723 g/mol. The number of nitrogens with one attached hydrogen (secondary N) is 2. The molecule has 2 N–H and O–H groups in total. The number of amides is 4. The molecule has 0 aromatic heterocycles. The molecule has 10 nitrogen and oxygen atoms in total. The number of hydrogen-bond acceptors (Lipinski definition) is 7. The first-order chi connectivity index (χ1) is 24.7. The molecule has 6 rings (SSSR count). The van der Waals surface area contributed by atoms with Crippen LogP contribution in [0.2, 0.25) is 0 Å². The van der Waals surface area contributed by atoms with Gasteiger partial charge < -0.3 is 20.3 Å². The highest BCUT2D eigenvalue weighted by Gasteiger charge is 2.58. The Hall–Kier alpha value is -5.27. The summed E-state index contributed by atoms with van der Waals surface area (Å²) in [7, 11) is 0. The van der Waals surface area contributed by atoms with Gasteiger partial charge in [0.05, 0.1) is 0 Å². The number of aryl methyl sites for hydroxylation is 1. The van der Waals surface area contributed by atoms with Gasteiger partial charge in [-0.1, -0.05) is 48.9 Å². The summed E-state index contributed by atoms with van der Waals surface area (Å²) in [6.07, 6.45) is -2.38. The average Bonchev–Trinajstić information content (AvgIpc) is 3.57. The van der Waals surface area contributed by atoms with Gasteiger partial charge in [0.2, 0.25) is 17.4 Å². The van der Waals surface area contributed by atoms with Gasteiger partial charge >= 0.3 is 12.3 Å². The third-order valence-corrected chi connectivity index (χ3v) is 10.1. The highest BCUT2D eigenvalue weighted by molar-refractivity contribution is 6.06. The van der Waals surface area contributed by atoms with E-state index >= 15 is 0 Å². The van der Waals surface area contributed by atoms with Gasteiger partial charge in [0.15, 0.2) is 5.78 Å². The number of imide groups is 1. The van der Waals surface area contributed by atoms with E-state index in [0.717, 1.165) is 43.9 Å². The van der Waals surface area contributed by atoms with Crippen LogP contribution in [0, 0.1) is 11.7 Å². The summed E-state index contributed by atoms with van der Waals surface area (Å²) in [5.41, 5.74) is 1.85. The number of alkyl halides is 3. The molecule has 1 saturated heterocycles. The van der Waals surface area contributed by atoms with E-state index in [1.54, 1.807) is 30.3 Å². The Morgan fingerprint density at radius 1 is 1.00 bits per heavy atom. The number of ether oxygens (including phenoxy) is 1. The number of fused-ring (bicyclic) bond motifs is 2. The second kappa shape index (κ2) is 14.8. The first kappa shape index (κ1) is 36.5. The smallest absolute Gasteiger partial charge is 0.418 e. The number of ketones is 1. The van der Waals surface area contributed by atoms with Crippen molar-refractivity contribution in [2.45, 2.75) is 76.4 Å². The topological polar surface area (TPSA) is 125 Å². The zero-order valence-electron chi connectivity index (χ0n) is 28.4. The predicted molar refractivity (Wildman–Crippen MR) is 180 cm³/mol. The molecule has 4 amide bonds. The largest absolute Gasteiger partial charge is 0.427 e. The van der Waals surface area contributed by atoms with Crippen molar-refractivity contribution in [1.29, 1.82) is 0 Å². The van der Waals surface area contributed by atoms with Crippen molar-refractivity contribution in [1.82, 2.24) is 15.1 Å². The van der Waals surface area contributed by atoms with Crippen molar-refractivity contribution in [2.75, 3.05) is 18.4 Å². The lowest BCUT2D eigenvalue weighted by molar-refractivity contribution is -0.187. The van der Waals surface area contributed by atoms with E-state index in [1.807, 2.05) is 12.1 Å². The van der Waals surface area contributed by atoms with E-state index in [-0.39, 0.29) is 36.0 Å². The maximum Gasteiger partial charge on any atom is 0.418 e. The number of carbonyl (C=O) groups is 5. The molecule has 3 aromatic rings. The molecule has 0 unspecified atom stereocenters. The quantitative estimate of drug-likeness (QED) is 0.163. The maximum absolute atomic E-state index is 13.7. The zero-order chi connectivity index (χ0) is 37.2. The fraction of sp³-hybridized carbons (Fsp3) is 0.395. The minimum atomic E-state index is -4.81. The van der Waals surface area contributed by atoms with Crippen molar-refractivity contribution >= 4 is 35.3 Å². The zero-order valence-corrected chi connectivity index (χ0v) is 28.4. The van der Waals surface area contributed by atoms with E-state index in [1.165, 1.54) is 12.1 Å². The second-order valence-electron chi connectivity index (χ2n) is 13.5. The molecule has 2 aliphatic carbocycles. The van der Waals surface area contributed by atoms with E-state index in [2.05, 4.69) is 10.6 Å². The fourth-order valence-electron chi connectivity index (χ4n) is 6.70. The van der Waals surface area contributed by atoms with Crippen LogP contribution in [0.3, 0.4) is 0 Å². The number of Topliss-reactive ketones (excluding diaryl/α,β-unsaturated/α-hetero) is 1. The van der Waals surface area contributed by atoms with E-state index in [9.17, 15) is 41.5 Å². The highest BCUT2D eigenvalue weighted by Crippen LogP contribution is 2.46. The number of carbonyl (C=O) groups excluding carboxylic acids is 5. The molecule has 1 heterocycles. The SMILES string of the molecule is C[C@H](N(Cc1ccc(F)cc1)C(=O)CN1C(=O)O[C@@]2(CCc3cc(NCCC(=O)NCc4ccc(C(=O)C5CCC5)cc4)ccc32)C1=O)C(F)(F)F. The van der Waals surface area contributed by atoms with Crippen LogP contribution in [0.1, 0.15) is 71.6 Å². The molecule has 2 fully saturated rings. The monoisotopic (exact) mass is 722 g/mol. The lowest BCUT2D eigenvalue weighted by Crippen LogP contribution is -2.51. The van der Waals surface area contributed by atoms with Crippen molar-refractivity contribution in [2.24, 2.45) is 5.92 Å². The van der Waals surface area contributed by atoms with Crippen LogP contribution in [-0.2, 0) is 44.2 Å². The van der Waals surface area contributed by atoms with Gasteiger partial charge in [-0.05, 0) is 67.1 Å². The summed E-state index contributed by atoms with van der Waals surface area (Å²) in [5.74, 6) is -2.46. The first-order valence-corrected chi connectivity index (χ1v) is 17.2. The van der Waals surface area contributed by atoms with Gasteiger partial charge in [-0.3, -0.25) is 19.2 Å². The van der Waals surface area contributed by atoms with Crippen LogP contribution >= 0.6 is 0 Å². The van der Waals surface area contributed by atoms with Gasteiger partial charge in [-0.25, -0.2) is 14.1 Å². The molecule has 2 atom stereocenters. The minimum Gasteiger partial charge on any atom is -0.427 e. The van der Waals surface area contributed by atoms with Crippen molar-refractivity contribution in [3.05, 3.63) is 100 Å². The molecule has 3 aliphatic rings. The molecule has 1 spiro atoms. The third kappa shape index (κ3) is 7.65. The number of nitrogens with zero attached hydrogens (tertiary/aromatic N) is 2. The molecule has 274 valence electrons. The van der Waals surface area contributed by atoms with Crippen molar-refractivity contribution < 1.29 is 46.3 Å². The molecule has 14 heteroatoms. The summed E-state index contributed by atoms with van der Waals surface area (Å²) in [4.78, 5) is 65.8. The fourth-order valence-corrected chi connectivity index (χ4v) is 6.70. The molecule has 3 aromatic carbocycles. The number of rotatable bonds is 13. The molecular formula is C38H38F4N4O6. The summed E-state index contributed by atoms with van der Waals surface area (Å²) in [5, 5.41) is 6.04. The lowest BCUT2D eigenvalue weighted by atomic mass is 9.80. The Balaban J connectivity index is 1.03. The van der Waals surface area contributed by atoms with E-state index in [4.69, 9.17) is 4.74 Å². The summed E-state index contributed by atoms with van der Waals surface area (Å²) < 4.78 is 60.2. The van der Waals surface area contributed by atoms with Crippen LogP contribution in [0.15, 0.2) is 66.7 Å². The molecule has 1 saturated carbocycles. The summed E-state index contributed by atoms with van der Waals surface area (Å²) in [6.45, 7) is -0.0814. The Kier molecular flexibility index (Phi) is 10.4. The molecule has 52 heavy (non-hydrogen) atoms. The van der Waals surface area contributed by atoms with E-state index in [0.29, 0.717) is 51.7 Å². The van der Waals surface area contributed by atoms with Crippen LogP contribution in [-0.4, -0.2) is 64.7 Å². The maximum atomic E-state index is 13.7. The van der Waals surface area contributed by atoms with Gasteiger partial charge in [0.25, 0.3) is 5.91 Å². The number of anilines is 1. The van der Waals surface area contributed by atoms with Crippen molar-refractivity contribution in [3.63, 3.8) is 0 Å². The highest BCUT2D eigenvalue weighted by atomic mass is 19.4. The van der Waals surface area contributed by atoms with Gasteiger partial charge in [-0.2, -0.15) is 13.2 Å². The van der Waals surface area contributed by atoms with Gasteiger partial charge in [0.1, 0.15) is 18.4 Å². The second-order valence-corrected chi connectivity index (χ2v) is 13.5. The Morgan fingerprint density at radius 3 is 2.35 bits per heavy atom. The van der Waals surface area contributed by atoms with Gasteiger partial charge in [0, 0.05) is 55.2 Å². The molecular weight excluding hydrogens is 684 g/mol. The number of halogens is 4. The number of hydrogen-bond donors (Lipinski definition) is 2.